The first-order valence-electron chi connectivity index (χ1n) is 5.64. The first-order valence-corrected chi connectivity index (χ1v) is 6.86. The molecule has 1 heterocycles. The third-order valence-electron chi connectivity index (χ3n) is 2.67. The fourth-order valence-corrected chi connectivity index (χ4v) is 2.75. The Morgan fingerprint density at radius 1 is 1.15 bits per heavy atom. The van der Waals surface area contributed by atoms with E-state index in [-0.39, 0.29) is 5.91 Å². The van der Waals surface area contributed by atoms with Gasteiger partial charge in [0.1, 0.15) is 21.6 Å². The number of benzene rings is 1. The molecule has 5 nitrogen and oxygen atoms in total. The summed E-state index contributed by atoms with van der Waals surface area (Å²) in [5.74, 6) is 1.50. The molecule has 1 N–H and O–H groups in total. The van der Waals surface area contributed by atoms with Crippen LogP contribution in [0.15, 0.2) is 17.0 Å². The van der Waals surface area contributed by atoms with Gasteiger partial charge in [-0.05, 0) is 6.08 Å². The van der Waals surface area contributed by atoms with Crippen molar-refractivity contribution in [1.82, 2.24) is 5.32 Å². The summed E-state index contributed by atoms with van der Waals surface area (Å²) in [6.45, 7) is 0. The molecule has 0 saturated carbocycles. The number of carbonyl (C=O) groups is 1. The van der Waals surface area contributed by atoms with E-state index in [1.165, 1.54) is 11.8 Å². The molecule has 20 heavy (non-hydrogen) atoms. The van der Waals surface area contributed by atoms with E-state index in [2.05, 4.69) is 5.32 Å². The summed E-state index contributed by atoms with van der Waals surface area (Å²) >= 11 is 6.17. The Hall–Kier alpha value is -1.73. The van der Waals surface area contributed by atoms with Gasteiger partial charge >= 0.3 is 0 Å². The van der Waals surface area contributed by atoms with Gasteiger partial charge in [0.15, 0.2) is 0 Å². The predicted molar refractivity (Wildman–Crippen MR) is 82.4 cm³/mol. The van der Waals surface area contributed by atoms with Crippen molar-refractivity contribution in [1.29, 1.82) is 0 Å². The molecule has 2 rings (SSSR count). The van der Waals surface area contributed by atoms with Crippen LogP contribution in [0.2, 0.25) is 0 Å². The number of hydrogen-bond donors (Lipinski definition) is 1. The molecule has 0 bridgehead atoms. The molecule has 0 atom stereocenters. The van der Waals surface area contributed by atoms with Crippen LogP contribution in [-0.2, 0) is 4.79 Å². The minimum absolute atomic E-state index is 0.222. The lowest BCUT2D eigenvalue weighted by Crippen LogP contribution is -2.17. The quantitative estimate of drug-likeness (QED) is 0.679. The summed E-state index contributed by atoms with van der Waals surface area (Å²) in [6, 6.07) is 3.45. The summed E-state index contributed by atoms with van der Waals surface area (Å²) in [4.78, 5) is 12.2. The summed E-state index contributed by atoms with van der Waals surface area (Å²) in [7, 11) is 4.65. The van der Waals surface area contributed by atoms with Crippen molar-refractivity contribution < 1.29 is 19.0 Å². The number of hydrogen-bond acceptors (Lipinski definition) is 6. The molecule has 0 radical (unpaired) electrons. The fraction of sp³-hybridized carbons (Fsp3) is 0.231. The van der Waals surface area contributed by atoms with Crippen LogP contribution >= 0.6 is 24.0 Å². The Morgan fingerprint density at radius 3 is 2.15 bits per heavy atom. The van der Waals surface area contributed by atoms with Gasteiger partial charge in [0, 0.05) is 12.1 Å². The number of rotatable bonds is 4. The number of methoxy groups -OCH3 is 3. The van der Waals surface area contributed by atoms with Crippen LogP contribution in [0.5, 0.6) is 17.2 Å². The van der Waals surface area contributed by atoms with E-state index in [1.54, 1.807) is 39.5 Å². The van der Waals surface area contributed by atoms with Crippen molar-refractivity contribution in [2.24, 2.45) is 0 Å². The highest BCUT2D eigenvalue weighted by molar-refractivity contribution is 8.26. The molecule has 106 valence electrons. The Balaban J connectivity index is 2.52. The second-order valence-corrected chi connectivity index (χ2v) is 5.52. The summed E-state index contributed by atoms with van der Waals surface area (Å²) in [6.07, 6.45) is 1.69. The van der Waals surface area contributed by atoms with E-state index in [4.69, 9.17) is 26.4 Å². The fourth-order valence-electron chi connectivity index (χ4n) is 1.73. The van der Waals surface area contributed by atoms with Gasteiger partial charge in [-0.3, -0.25) is 4.79 Å². The van der Waals surface area contributed by atoms with Gasteiger partial charge in [-0.1, -0.05) is 24.0 Å². The van der Waals surface area contributed by atoms with E-state index in [0.717, 1.165) is 0 Å². The van der Waals surface area contributed by atoms with Crippen molar-refractivity contribution in [2.75, 3.05) is 21.3 Å². The lowest BCUT2D eigenvalue weighted by molar-refractivity contribution is -0.115. The molecule has 1 saturated heterocycles. The van der Waals surface area contributed by atoms with Gasteiger partial charge in [-0.2, -0.15) is 0 Å². The highest BCUT2D eigenvalue weighted by Crippen LogP contribution is 2.37. The third kappa shape index (κ3) is 2.88. The number of nitrogens with one attached hydrogen (secondary N) is 1. The molecule has 1 fully saturated rings. The Bertz CT molecular complexity index is 573. The zero-order valence-electron chi connectivity index (χ0n) is 11.2. The zero-order chi connectivity index (χ0) is 14.7. The van der Waals surface area contributed by atoms with E-state index in [1.807, 2.05) is 0 Å². The Kier molecular flexibility index (Phi) is 4.51. The van der Waals surface area contributed by atoms with Crippen molar-refractivity contribution in [3.8, 4) is 17.2 Å². The number of carbonyl (C=O) groups excluding carboxylic acids is 1. The van der Waals surface area contributed by atoms with Gasteiger partial charge in [-0.15, -0.1) is 0 Å². The van der Waals surface area contributed by atoms with E-state index in [0.29, 0.717) is 32.0 Å². The van der Waals surface area contributed by atoms with Gasteiger partial charge in [0.05, 0.1) is 31.8 Å². The van der Waals surface area contributed by atoms with Crippen LogP contribution in [0.3, 0.4) is 0 Å². The van der Waals surface area contributed by atoms with E-state index < -0.39 is 0 Å². The van der Waals surface area contributed by atoms with Crippen LogP contribution < -0.4 is 19.5 Å². The van der Waals surface area contributed by atoms with E-state index in [9.17, 15) is 4.79 Å². The van der Waals surface area contributed by atoms with Crippen molar-refractivity contribution in [3.05, 3.63) is 22.6 Å². The lowest BCUT2D eigenvalue weighted by Gasteiger charge is -2.12. The molecule has 0 unspecified atom stereocenters. The minimum Gasteiger partial charge on any atom is -0.496 e. The molecule has 1 aromatic rings. The maximum atomic E-state index is 11.7. The van der Waals surface area contributed by atoms with Crippen molar-refractivity contribution in [2.45, 2.75) is 0 Å². The van der Waals surface area contributed by atoms with Crippen LogP contribution in [0.25, 0.3) is 6.08 Å². The van der Waals surface area contributed by atoms with Crippen molar-refractivity contribution in [3.63, 3.8) is 0 Å². The summed E-state index contributed by atoms with van der Waals surface area (Å²) < 4.78 is 16.3. The highest BCUT2D eigenvalue weighted by Gasteiger charge is 2.23. The van der Waals surface area contributed by atoms with Crippen LogP contribution in [0, 0.1) is 0 Å². The largest absolute Gasteiger partial charge is 0.496 e. The SMILES string of the molecule is COc1cc(OC)c(/C=C2/SC(=S)NC2=O)c(OC)c1. The number of amides is 1. The van der Waals surface area contributed by atoms with Gasteiger partial charge in [-0.25, -0.2) is 0 Å². The molecule has 0 aliphatic carbocycles. The number of thiocarbonyl (C=S) groups is 1. The minimum atomic E-state index is -0.222. The average Bonchev–Trinajstić information content (AvgIpc) is 2.76. The van der Waals surface area contributed by atoms with Crippen LogP contribution in [-0.4, -0.2) is 31.6 Å². The smallest absolute Gasteiger partial charge is 0.263 e. The molecule has 7 heteroatoms. The Labute approximate surface area is 126 Å². The summed E-state index contributed by atoms with van der Waals surface area (Å²) in [5, 5.41) is 2.57. The Morgan fingerprint density at radius 2 is 1.75 bits per heavy atom. The van der Waals surface area contributed by atoms with Crippen LogP contribution in [0.4, 0.5) is 0 Å². The van der Waals surface area contributed by atoms with E-state index >= 15 is 0 Å². The normalized spacial score (nSPS) is 16.2. The first-order chi connectivity index (χ1) is 9.58. The van der Waals surface area contributed by atoms with Gasteiger partial charge in [0.25, 0.3) is 5.91 Å². The standard InChI is InChI=1S/C13H13NO4S2/c1-16-7-4-9(17-2)8(10(5-7)18-3)6-11-12(15)14-13(19)20-11/h4-6H,1-3H3,(H,14,15,19)/b11-6+. The second-order valence-electron chi connectivity index (χ2n) is 3.80. The molecule has 1 amide bonds. The molecule has 1 aromatic carbocycles. The molecule has 0 aromatic heterocycles. The van der Waals surface area contributed by atoms with Crippen LogP contribution in [0.1, 0.15) is 5.56 Å². The van der Waals surface area contributed by atoms with Crippen molar-refractivity contribution >= 4 is 40.3 Å². The zero-order valence-corrected chi connectivity index (χ0v) is 12.8. The number of ether oxygens (including phenoxy) is 3. The average molecular weight is 311 g/mol. The predicted octanol–water partition coefficient (Wildman–Crippen LogP) is 2.20. The summed E-state index contributed by atoms with van der Waals surface area (Å²) in [5.41, 5.74) is 0.665. The first kappa shape index (κ1) is 14.7. The maximum Gasteiger partial charge on any atom is 0.263 e. The molecular weight excluding hydrogens is 298 g/mol. The number of thioether (sulfide) groups is 1. The molecule has 0 spiro atoms. The lowest BCUT2D eigenvalue weighted by atomic mass is 10.1. The molecule has 1 aliphatic rings. The molecular formula is C13H13NO4S2. The molecule has 1 aliphatic heterocycles. The topological polar surface area (TPSA) is 56.8 Å². The van der Waals surface area contributed by atoms with Gasteiger partial charge < -0.3 is 19.5 Å². The second kappa shape index (κ2) is 6.15. The third-order valence-corrected chi connectivity index (χ3v) is 3.83. The highest BCUT2D eigenvalue weighted by atomic mass is 32.2. The maximum absolute atomic E-state index is 11.7. The van der Waals surface area contributed by atoms with Gasteiger partial charge in [0.2, 0.25) is 0 Å². The monoisotopic (exact) mass is 311 g/mol.